The molecule has 5 nitrogen and oxygen atoms in total. The minimum Gasteiger partial charge on any atom is -0.487 e. The van der Waals surface area contributed by atoms with Crippen molar-refractivity contribution in [1.82, 2.24) is 0 Å². The van der Waals surface area contributed by atoms with Gasteiger partial charge in [-0.15, -0.1) is 0 Å². The van der Waals surface area contributed by atoms with E-state index in [1.165, 1.54) is 25.7 Å². The summed E-state index contributed by atoms with van der Waals surface area (Å²) in [6, 6.07) is 0.854. The van der Waals surface area contributed by atoms with Gasteiger partial charge >= 0.3 is 8.80 Å². The summed E-state index contributed by atoms with van der Waals surface area (Å²) in [4.78, 5) is 0. The number of hydrogen-bond acceptors (Lipinski definition) is 6. The third kappa shape index (κ3) is 14.4. The topological polar surface area (TPSA) is 46.2 Å². The predicted molar refractivity (Wildman–Crippen MR) is 144 cm³/mol. The molecule has 0 aliphatic rings. The summed E-state index contributed by atoms with van der Waals surface area (Å²) in [5.74, 6) is 0. The Morgan fingerprint density at radius 3 is 1.81 bits per heavy atom. The lowest BCUT2D eigenvalue weighted by Gasteiger charge is -2.33. The van der Waals surface area contributed by atoms with E-state index in [9.17, 15) is 0 Å². The molecule has 0 aliphatic carbocycles. The van der Waals surface area contributed by atoms with E-state index in [1.54, 1.807) is 0 Å². The van der Waals surface area contributed by atoms with E-state index in [2.05, 4.69) is 26.9 Å². The fourth-order valence-electron chi connectivity index (χ4n) is 4.16. The molecular weight excluding hydrogens is 456 g/mol. The van der Waals surface area contributed by atoms with E-state index >= 15 is 0 Å². The van der Waals surface area contributed by atoms with Crippen molar-refractivity contribution in [2.45, 2.75) is 117 Å². The molecule has 0 spiro atoms. The average Bonchev–Trinajstić information content (AvgIpc) is 2.73. The molecule has 0 rings (SSSR count). The molecule has 0 N–H and O–H groups in total. The van der Waals surface area contributed by atoms with Gasteiger partial charge in [0.25, 0.3) is 0 Å². The zero-order valence-electron chi connectivity index (χ0n) is 22.1. The number of hydrogen-bond donors (Lipinski definition) is 0. The standard InChI is InChI=1S/C24H52O5SSi2/c1-8-13-14-15-16-19-24(30)25-21-20-23(31(6,7)26-9-2)18-17-22-32(27-10-3,28-11-4)29-12-5/h23H,8-22H2,1-7H3. The van der Waals surface area contributed by atoms with Crippen molar-refractivity contribution in [1.29, 1.82) is 0 Å². The summed E-state index contributed by atoms with van der Waals surface area (Å²) in [6.45, 7) is 18.3. The van der Waals surface area contributed by atoms with Gasteiger partial charge in [0, 0.05) is 38.9 Å². The Labute approximate surface area is 206 Å². The van der Waals surface area contributed by atoms with E-state index < -0.39 is 17.1 Å². The van der Waals surface area contributed by atoms with Crippen molar-refractivity contribution in [3.05, 3.63) is 0 Å². The van der Waals surface area contributed by atoms with Gasteiger partial charge < -0.3 is 22.4 Å². The number of rotatable bonds is 22. The molecule has 0 radical (unpaired) electrons. The van der Waals surface area contributed by atoms with Crippen LogP contribution in [0.4, 0.5) is 0 Å². The van der Waals surface area contributed by atoms with E-state index in [0.29, 0.717) is 32.0 Å². The normalized spacial score (nSPS) is 13.3. The number of ether oxygens (including phenoxy) is 1. The zero-order valence-corrected chi connectivity index (χ0v) is 24.9. The van der Waals surface area contributed by atoms with Crippen molar-refractivity contribution < 1.29 is 22.4 Å². The van der Waals surface area contributed by atoms with Gasteiger partial charge in [0.05, 0.1) is 6.61 Å². The van der Waals surface area contributed by atoms with E-state index in [0.717, 1.165) is 49.8 Å². The monoisotopic (exact) mass is 508 g/mol. The molecule has 0 aromatic carbocycles. The summed E-state index contributed by atoms with van der Waals surface area (Å²) in [5, 5.41) is 0.770. The first-order valence-corrected chi connectivity index (χ1v) is 18.3. The quantitative estimate of drug-likeness (QED) is 0.0856. The molecule has 0 amide bonds. The van der Waals surface area contributed by atoms with Crippen LogP contribution in [0.25, 0.3) is 0 Å². The third-order valence-electron chi connectivity index (χ3n) is 5.84. The molecule has 0 aliphatic heterocycles. The third-order valence-corrected chi connectivity index (χ3v) is 12.9. The Bertz CT molecular complexity index is 449. The molecule has 0 saturated heterocycles. The van der Waals surface area contributed by atoms with Crippen LogP contribution in [-0.4, -0.2) is 55.2 Å². The van der Waals surface area contributed by atoms with Crippen LogP contribution in [0.15, 0.2) is 0 Å². The number of thiocarbonyl (C=S) groups is 1. The lowest BCUT2D eigenvalue weighted by Crippen LogP contribution is -2.46. The van der Waals surface area contributed by atoms with Crippen LogP contribution in [0.5, 0.6) is 0 Å². The van der Waals surface area contributed by atoms with Crippen LogP contribution in [0, 0.1) is 0 Å². The van der Waals surface area contributed by atoms with E-state index in [4.69, 9.17) is 34.7 Å². The Kier molecular flexibility index (Phi) is 19.6. The van der Waals surface area contributed by atoms with Gasteiger partial charge in [-0.25, -0.2) is 0 Å². The molecule has 0 fully saturated rings. The largest absolute Gasteiger partial charge is 0.500 e. The van der Waals surface area contributed by atoms with E-state index in [1.807, 2.05) is 20.8 Å². The summed E-state index contributed by atoms with van der Waals surface area (Å²) < 4.78 is 30.3. The fourth-order valence-corrected chi connectivity index (χ4v) is 9.72. The van der Waals surface area contributed by atoms with Crippen LogP contribution in [0.2, 0.25) is 24.7 Å². The van der Waals surface area contributed by atoms with Crippen molar-refractivity contribution in [2.24, 2.45) is 0 Å². The highest BCUT2D eigenvalue weighted by Crippen LogP contribution is 2.33. The van der Waals surface area contributed by atoms with Crippen LogP contribution < -0.4 is 0 Å². The molecule has 0 aromatic heterocycles. The molecule has 32 heavy (non-hydrogen) atoms. The van der Waals surface area contributed by atoms with Gasteiger partial charge in [-0.3, -0.25) is 0 Å². The Hall–Kier alpha value is 0.164. The predicted octanol–water partition coefficient (Wildman–Crippen LogP) is 7.52. The van der Waals surface area contributed by atoms with Gasteiger partial charge in [-0.1, -0.05) is 39.0 Å². The minimum atomic E-state index is -2.59. The molecule has 8 heteroatoms. The lowest BCUT2D eigenvalue weighted by atomic mass is 10.1. The first-order valence-electron chi connectivity index (χ1n) is 13.0. The average molecular weight is 509 g/mol. The maximum Gasteiger partial charge on any atom is 0.500 e. The molecular formula is C24H52O5SSi2. The van der Waals surface area contributed by atoms with Gasteiger partial charge in [0.1, 0.15) is 0 Å². The maximum absolute atomic E-state index is 6.24. The Balaban J connectivity index is 4.73. The van der Waals surface area contributed by atoms with Crippen LogP contribution in [0.3, 0.4) is 0 Å². The summed E-state index contributed by atoms with van der Waals surface area (Å²) in [6.07, 6.45) is 10.2. The summed E-state index contributed by atoms with van der Waals surface area (Å²) in [7, 11) is -4.42. The van der Waals surface area contributed by atoms with Gasteiger partial charge in [0.15, 0.2) is 13.4 Å². The molecule has 0 saturated carbocycles. The lowest BCUT2D eigenvalue weighted by molar-refractivity contribution is 0.0705. The Morgan fingerprint density at radius 1 is 0.719 bits per heavy atom. The molecule has 192 valence electrons. The molecule has 1 unspecified atom stereocenters. The minimum absolute atomic E-state index is 0.506. The summed E-state index contributed by atoms with van der Waals surface area (Å²) >= 11 is 5.47. The van der Waals surface area contributed by atoms with Gasteiger partial charge in [0.2, 0.25) is 0 Å². The first kappa shape index (κ1) is 32.2. The van der Waals surface area contributed by atoms with Crippen molar-refractivity contribution >= 4 is 34.4 Å². The maximum atomic E-state index is 6.24. The van der Waals surface area contributed by atoms with Crippen molar-refractivity contribution in [3.63, 3.8) is 0 Å². The molecule has 0 bridgehead atoms. The van der Waals surface area contributed by atoms with E-state index in [-0.39, 0.29) is 0 Å². The van der Waals surface area contributed by atoms with Gasteiger partial charge in [-0.2, -0.15) is 0 Å². The van der Waals surface area contributed by atoms with Crippen LogP contribution >= 0.6 is 12.2 Å². The highest BCUT2D eigenvalue weighted by molar-refractivity contribution is 7.80. The van der Waals surface area contributed by atoms with Gasteiger partial charge in [-0.05, 0) is 77.8 Å². The zero-order chi connectivity index (χ0) is 24.3. The SMILES string of the molecule is CCCCCCCC(=S)OCCC(CCC[Si](OCC)(OCC)OCC)[Si](C)(C)OCC. The fraction of sp³-hybridized carbons (Fsp3) is 0.958. The van der Waals surface area contributed by atoms with Crippen LogP contribution in [-0.2, 0) is 22.4 Å². The highest BCUT2D eigenvalue weighted by atomic mass is 32.1. The summed E-state index contributed by atoms with van der Waals surface area (Å²) in [5.41, 5.74) is 0.506. The molecule has 0 aromatic rings. The second kappa shape index (κ2) is 19.5. The first-order chi connectivity index (χ1) is 15.3. The Morgan fingerprint density at radius 2 is 1.28 bits per heavy atom. The second-order valence-electron chi connectivity index (χ2n) is 8.78. The highest BCUT2D eigenvalue weighted by Gasteiger charge is 2.41. The number of unbranched alkanes of at least 4 members (excludes halogenated alkanes) is 4. The van der Waals surface area contributed by atoms with Crippen molar-refractivity contribution in [2.75, 3.05) is 33.0 Å². The van der Waals surface area contributed by atoms with Crippen molar-refractivity contribution in [3.8, 4) is 0 Å². The molecule has 0 heterocycles. The van der Waals surface area contributed by atoms with Crippen LogP contribution in [0.1, 0.15) is 92.4 Å². The second-order valence-corrected chi connectivity index (χ2v) is 16.3. The molecule has 1 atom stereocenters. The smallest absolute Gasteiger partial charge is 0.487 e.